The van der Waals surface area contributed by atoms with Crippen LogP contribution < -0.4 is 4.74 Å². The van der Waals surface area contributed by atoms with E-state index in [0.717, 1.165) is 17.5 Å². The van der Waals surface area contributed by atoms with Crippen LogP contribution in [0.4, 0.5) is 8.78 Å². The highest BCUT2D eigenvalue weighted by molar-refractivity contribution is 5.87. The van der Waals surface area contributed by atoms with Crippen LogP contribution in [-0.2, 0) is 4.74 Å². The van der Waals surface area contributed by atoms with Crippen molar-refractivity contribution in [2.24, 2.45) is 0 Å². The third-order valence-corrected chi connectivity index (χ3v) is 6.08. The summed E-state index contributed by atoms with van der Waals surface area (Å²) in [7, 11) is 1.57. The summed E-state index contributed by atoms with van der Waals surface area (Å²) < 4.78 is 39.6. The molecule has 0 bridgehead atoms. The van der Waals surface area contributed by atoms with E-state index < -0.39 is 11.6 Å². The van der Waals surface area contributed by atoms with E-state index in [1.807, 2.05) is 26.0 Å². The van der Waals surface area contributed by atoms with Crippen LogP contribution in [0.25, 0.3) is 22.4 Å². The number of nitrogens with zero attached hydrogens (tertiary/aromatic N) is 5. The molecule has 9 heteroatoms. The van der Waals surface area contributed by atoms with Gasteiger partial charge in [0.1, 0.15) is 34.8 Å². The van der Waals surface area contributed by atoms with Gasteiger partial charge in [0.05, 0.1) is 24.2 Å². The van der Waals surface area contributed by atoms with Gasteiger partial charge in [-0.05, 0) is 44.9 Å². The Morgan fingerprint density at radius 2 is 1.79 bits per heavy atom. The molecule has 0 N–H and O–H groups in total. The van der Waals surface area contributed by atoms with Crippen molar-refractivity contribution in [1.82, 2.24) is 24.9 Å². The van der Waals surface area contributed by atoms with E-state index in [2.05, 4.69) is 15.0 Å². The lowest BCUT2D eigenvalue weighted by Gasteiger charge is -2.28. The van der Waals surface area contributed by atoms with Crippen molar-refractivity contribution < 1.29 is 18.3 Å². The largest absolute Gasteiger partial charge is 0.481 e. The van der Waals surface area contributed by atoms with Crippen LogP contribution in [0, 0.1) is 25.5 Å². The summed E-state index contributed by atoms with van der Waals surface area (Å²) in [6, 6.07) is 8.98. The van der Waals surface area contributed by atoms with E-state index >= 15 is 0 Å². The Hall–Kier alpha value is -3.59. The summed E-state index contributed by atoms with van der Waals surface area (Å²) in [5, 5.41) is 0. The summed E-state index contributed by atoms with van der Waals surface area (Å²) in [5.41, 5.74) is 3.42. The van der Waals surface area contributed by atoms with Crippen molar-refractivity contribution in [2.75, 3.05) is 13.7 Å². The molecule has 3 aromatic heterocycles. The third-order valence-electron chi connectivity index (χ3n) is 6.08. The molecule has 0 unspecified atom stereocenters. The summed E-state index contributed by atoms with van der Waals surface area (Å²) in [4.78, 5) is 23.1. The molecule has 5 rings (SSSR count). The number of ether oxygens (including phenoxy) is 2. The van der Waals surface area contributed by atoms with Crippen molar-refractivity contribution in [3.63, 3.8) is 0 Å². The minimum absolute atomic E-state index is 0.0678. The number of fused-ring (bicyclic) bond motifs is 1. The maximum atomic E-state index is 14.8. The van der Waals surface area contributed by atoms with E-state index in [1.165, 1.54) is 12.1 Å². The second kappa shape index (κ2) is 8.98. The minimum Gasteiger partial charge on any atom is -0.481 e. The van der Waals surface area contributed by atoms with Crippen LogP contribution in [0.2, 0.25) is 0 Å². The number of pyridine rings is 1. The molecule has 1 aliphatic rings. The van der Waals surface area contributed by atoms with Crippen LogP contribution in [0.5, 0.6) is 5.88 Å². The highest BCUT2D eigenvalue weighted by Gasteiger charge is 2.29. The first kappa shape index (κ1) is 22.2. The summed E-state index contributed by atoms with van der Waals surface area (Å²) in [5.74, 6) is -0.394. The third kappa shape index (κ3) is 4.19. The maximum Gasteiger partial charge on any atom is 0.213 e. The van der Waals surface area contributed by atoms with Crippen LogP contribution in [0.3, 0.4) is 0 Å². The van der Waals surface area contributed by atoms with Gasteiger partial charge >= 0.3 is 0 Å². The van der Waals surface area contributed by atoms with Gasteiger partial charge in [-0.15, -0.1) is 0 Å². The normalized spacial score (nSPS) is 18.3. The smallest absolute Gasteiger partial charge is 0.213 e. The molecule has 7 nitrogen and oxygen atoms in total. The lowest BCUT2D eigenvalue weighted by molar-refractivity contribution is 0.00123. The van der Waals surface area contributed by atoms with E-state index in [4.69, 9.17) is 19.4 Å². The molecular formula is C25H23F2N5O2. The van der Waals surface area contributed by atoms with Crippen LogP contribution >= 0.6 is 0 Å². The van der Waals surface area contributed by atoms with Gasteiger partial charge in [0.2, 0.25) is 5.88 Å². The Kier molecular flexibility index (Phi) is 5.87. The molecule has 1 fully saturated rings. The quantitative estimate of drug-likeness (QED) is 0.420. The van der Waals surface area contributed by atoms with Gasteiger partial charge < -0.3 is 9.47 Å². The molecule has 0 saturated carbocycles. The molecule has 4 heterocycles. The molecule has 1 aliphatic heterocycles. The first-order valence-electron chi connectivity index (χ1n) is 11.0. The Morgan fingerprint density at radius 3 is 2.59 bits per heavy atom. The van der Waals surface area contributed by atoms with Gasteiger partial charge in [-0.2, -0.15) is 0 Å². The Morgan fingerprint density at radius 1 is 0.971 bits per heavy atom. The number of halogens is 2. The molecule has 0 radical (unpaired) electrons. The lowest BCUT2D eigenvalue weighted by Crippen LogP contribution is -2.21. The van der Waals surface area contributed by atoms with E-state index in [0.29, 0.717) is 53.7 Å². The van der Waals surface area contributed by atoms with Crippen molar-refractivity contribution >= 4 is 11.2 Å². The second-order valence-electron chi connectivity index (χ2n) is 8.31. The zero-order valence-corrected chi connectivity index (χ0v) is 19.0. The lowest BCUT2D eigenvalue weighted by atomic mass is 9.92. The number of benzene rings is 1. The van der Waals surface area contributed by atoms with Crippen LogP contribution in [-0.4, -0.2) is 38.6 Å². The Bertz CT molecular complexity index is 1380. The van der Waals surface area contributed by atoms with Crippen LogP contribution in [0.1, 0.15) is 47.8 Å². The van der Waals surface area contributed by atoms with Gasteiger partial charge in [-0.3, -0.25) is 0 Å². The summed E-state index contributed by atoms with van der Waals surface area (Å²) in [6.07, 6.45) is 1.02. The molecule has 0 aliphatic carbocycles. The first-order valence-corrected chi connectivity index (χ1v) is 11.0. The molecular weight excluding hydrogens is 440 g/mol. The molecule has 2 atom stereocenters. The molecule has 34 heavy (non-hydrogen) atoms. The summed E-state index contributed by atoms with van der Waals surface area (Å²) in [6.45, 7) is 4.17. The van der Waals surface area contributed by atoms with E-state index in [9.17, 15) is 8.78 Å². The number of aryl methyl sites for hydroxylation is 2. The molecule has 0 spiro atoms. The monoisotopic (exact) mass is 463 g/mol. The fourth-order valence-corrected chi connectivity index (χ4v) is 4.14. The summed E-state index contributed by atoms with van der Waals surface area (Å²) >= 11 is 0. The zero-order chi connectivity index (χ0) is 23.8. The van der Waals surface area contributed by atoms with Gasteiger partial charge in [-0.1, -0.05) is 6.07 Å². The average Bonchev–Trinajstić information content (AvgIpc) is 2.84. The van der Waals surface area contributed by atoms with Gasteiger partial charge in [0.25, 0.3) is 0 Å². The van der Waals surface area contributed by atoms with Crippen molar-refractivity contribution in [2.45, 2.75) is 38.7 Å². The predicted octanol–water partition coefficient (Wildman–Crippen LogP) is 5.02. The van der Waals surface area contributed by atoms with Crippen molar-refractivity contribution in [3.8, 4) is 17.1 Å². The maximum absolute atomic E-state index is 14.8. The molecule has 4 aromatic rings. The first-order chi connectivity index (χ1) is 16.4. The fraction of sp³-hybridized carbons (Fsp3) is 0.320. The highest BCUT2D eigenvalue weighted by Crippen LogP contribution is 2.38. The van der Waals surface area contributed by atoms with Crippen molar-refractivity contribution in [1.29, 1.82) is 0 Å². The predicted molar refractivity (Wildman–Crippen MR) is 121 cm³/mol. The topological polar surface area (TPSA) is 82.9 Å². The standard InChI is InChI=1S/C25H23F2N5O2/c1-13-14(2)29-25-23(28-13)22(17-8-7-16(26)12-18(17)27)31-24(32-25)15-9-10-34-20(11-15)19-5-4-6-21(30-19)33-3/h4-8,12,15,20H,9-11H2,1-3H3/t15-,20-/m0/s1. The van der Waals surface area contributed by atoms with Gasteiger partial charge in [0, 0.05) is 30.2 Å². The average molecular weight is 463 g/mol. The number of rotatable bonds is 4. The fourth-order valence-electron chi connectivity index (χ4n) is 4.14. The molecule has 1 aromatic carbocycles. The van der Waals surface area contributed by atoms with Gasteiger partial charge in [-0.25, -0.2) is 33.7 Å². The second-order valence-corrected chi connectivity index (χ2v) is 8.31. The number of aromatic nitrogens is 5. The van der Waals surface area contributed by atoms with Gasteiger partial charge in [0.15, 0.2) is 5.65 Å². The zero-order valence-electron chi connectivity index (χ0n) is 19.0. The highest BCUT2D eigenvalue weighted by atomic mass is 19.1. The molecule has 174 valence electrons. The molecule has 1 saturated heterocycles. The number of hydrogen-bond acceptors (Lipinski definition) is 7. The number of hydrogen-bond donors (Lipinski definition) is 0. The SMILES string of the molecule is COc1cccc([C@@H]2C[C@@H](c3nc(-c4ccc(F)cc4F)c4nc(C)c(C)nc4n3)CCO2)n1. The minimum atomic E-state index is -0.712. The Labute approximate surface area is 195 Å². The number of methoxy groups -OCH3 is 1. The van der Waals surface area contributed by atoms with E-state index in [-0.39, 0.29) is 17.6 Å². The van der Waals surface area contributed by atoms with Crippen molar-refractivity contribution in [3.05, 3.63) is 70.9 Å². The Balaban J connectivity index is 1.60. The molecule has 0 amide bonds. The van der Waals surface area contributed by atoms with Crippen LogP contribution in [0.15, 0.2) is 36.4 Å². The van der Waals surface area contributed by atoms with E-state index in [1.54, 1.807) is 13.2 Å².